The zero-order chi connectivity index (χ0) is 10.8. The van der Waals surface area contributed by atoms with E-state index in [9.17, 15) is 5.11 Å². The third-order valence-electron chi connectivity index (χ3n) is 2.98. The average molecular weight is 226 g/mol. The van der Waals surface area contributed by atoms with Gasteiger partial charge in [0.15, 0.2) is 0 Å². The molecule has 1 N–H and O–H groups in total. The number of aliphatic hydroxyl groups is 1. The van der Waals surface area contributed by atoms with Crippen LogP contribution in [0.3, 0.4) is 0 Å². The molecule has 1 atom stereocenters. The third kappa shape index (κ3) is 2.11. The van der Waals surface area contributed by atoms with Crippen LogP contribution >= 0.6 is 11.6 Å². The highest BCUT2D eigenvalue weighted by molar-refractivity contribution is 6.33. The third-order valence-corrected chi connectivity index (χ3v) is 3.29. The predicted octanol–water partition coefficient (Wildman–Crippen LogP) is 2.68. The van der Waals surface area contributed by atoms with Crippen molar-refractivity contribution in [3.63, 3.8) is 0 Å². The summed E-state index contributed by atoms with van der Waals surface area (Å²) >= 11 is 6.18. The first kappa shape index (κ1) is 10.8. The molecule has 1 aromatic rings. The molecule has 0 aromatic heterocycles. The van der Waals surface area contributed by atoms with Crippen LogP contribution < -0.4 is 4.90 Å². The van der Waals surface area contributed by atoms with Gasteiger partial charge in [-0.3, -0.25) is 0 Å². The Bertz CT molecular complexity index is 353. The van der Waals surface area contributed by atoms with Gasteiger partial charge in [0, 0.05) is 18.7 Å². The second-order valence-electron chi connectivity index (χ2n) is 4.25. The first-order valence-electron chi connectivity index (χ1n) is 5.35. The van der Waals surface area contributed by atoms with Gasteiger partial charge in [0.05, 0.1) is 17.3 Å². The number of hydrogen-bond acceptors (Lipinski definition) is 2. The molecule has 82 valence electrons. The van der Waals surface area contributed by atoms with Gasteiger partial charge in [0.1, 0.15) is 0 Å². The molecule has 1 aromatic carbocycles. The summed E-state index contributed by atoms with van der Waals surface area (Å²) in [6.07, 6.45) is 1.20. The Morgan fingerprint density at radius 1 is 1.53 bits per heavy atom. The van der Waals surface area contributed by atoms with E-state index in [1.165, 1.54) is 6.42 Å². The minimum absolute atomic E-state index is 0.0563. The van der Waals surface area contributed by atoms with Crippen LogP contribution in [0.15, 0.2) is 18.2 Å². The number of anilines is 1. The van der Waals surface area contributed by atoms with Crippen molar-refractivity contribution in [2.75, 3.05) is 18.0 Å². The van der Waals surface area contributed by atoms with Crippen LogP contribution in [0.25, 0.3) is 0 Å². The van der Waals surface area contributed by atoms with Crippen molar-refractivity contribution in [3.05, 3.63) is 28.8 Å². The summed E-state index contributed by atoms with van der Waals surface area (Å²) in [6, 6.07) is 5.71. The first-order chi connectivity index (χ1) is 7.22. The Hall–Kier alpha value is -0.730. The van der Waals surface area contributed by atoms with E-state index in [2.05, 4.69) is 11.8 Å². The van der Waals surface area contributed by atoms with E-state index >= 15 is 0 Å². The fraction of sp³-hybridized carbons (Fsp3) is 0.500. The summed E-state index contributed by atoms with van der Waals surface area (Å²) in [5, 5.41) is 10.0. The highest BCUT2D eigenvalue weighted by atomic mass is 35.5. The van der Waals surface area contributed by atoms with Crippen LogP contribution in [0.1, 0.15) is 18.9 Å². The lowest BCUT2D eigenvalue weighted by atomic mass is 10.1. The maximum atomic E-state index is 9.28. The molecule has 0 aliphatic carbocycles. The molecule has 2 nitrogen and oxygen atoms in total. The minimum Gasteiger partial charge on any atom is -0.392 e. The van der Waals surface area contributed by atoms with Gasteiger partial charge in [-0.15, -0.1) is 0 Å². The van der Waals surface area contributed by atoms with E-state index in [-0.39, 0.29) is 6.61 Å². The molecule has 1 saturated heterocycles. The second-order valence-corrected chi connectivity index (χ2v) is 4.65. The van der Waals surface area contributed by atoms with Gasteiger partial charge < -0.3 is 10.0 Å². The summed E-state index contributed by atoms with van der Waals surface area (Å²) in [6.45, 7) is 4.38. The van der Waals surface area contributed by atoms with Gasteiger partial charge >= 0.3 is 0 Å². The zero-order valence-electron chi connectivity index (χ0n) is 8.91. The number of hydrogen-bond donors (Lipinski definition) is 1. The van der Waals surface area contributed by atoms with E-state index in [1.54, 1.807) is 0 Å². The Kier molecular flexibility index (Phi) is 3.17. The molecular formula is C12H16ClNO. The zero-order valence-corrected chi connectivity index (χ0v) is 9.67. The standard InChI is InChI=1S/C12H16ClNO/c1-9-5-6-14(7-9)12-10(8-15)3-2-4-11(12)13/h2-4,9,15H,5-8H2,1H3. The molecular weight excluding hydrogens is 210 g/mol. The predicted molar refractivity (Wildman–Crippen MR) is 63.4 cm³/mol. The SMILES string of the molecule is CC1CCN(c2c(Cl)cccc2CO)C1. The van der Waals surface area contributed by atoms with Crippen molar-refractivity contribution in [1.82, 2.24) is 0 Å². The topological polar surface area (TPSA) is 23.5 Å². The van der Waals surface area contributed by atoms with Crippen molar-refractivity contribution < 1.29 is 5.11 Å². The molecule has 0 bridgehead atoms. The van der Waals surface area contributed by atoms with Crippen LogP contribution in [-0.4, -0.2) is 18.2 Å². The van der Waals surface area contributed by atoms with Gasteiger partial charge in [-0.05, 0) is 18.4 Å². The second kappa shape index (κ2) is 4.42. The minimum atomic E-state index is 0.0563. The van der Waals surface area contributed by atoms with Crippen LogP contribution in [0.2, 0.25) is 5.02 Å². The summed E-state index contributed by atoms with van der Waals surface area (Å²) in [5.41, 5.74) is 1.95. The molecule has 0 amide bonds. The lowest BCUT2D eigenvalue weighted by Gasteiger charge is -2.22. The summed E-state index contributed by atoms with van der Waals surface area (Å²) in [5.74, 6) is 0.716. The van der Waals surface area contributed by atoms with Crippen molar-refractivity contribution in [1.29, 1.82) is 0 Å². The van der Waals surface area contributed by atoms with E-state index in [0.717, 1.165) is 29.4 Å². The van der Waals surface area contributed by atoms with Gasteiger partial charge in [-0.1, -0.05) is 30.7 Å². The Balaban J connectivity index is 2.33. The van der Waals surface area contributed by atoms with Crippen LogP contribution in [0.5, 0.6) is 0 Å². The summed E-state index contributed by atoms with van der Waals surface area (Å²) < 4.78 is 0. The van der Waals surface area contributed by atoms with E-state index in [0.29, 0.717) is 5.92 Å². The molecule has 1 fully saturated rings. The number of para-hydroxylation sites is 1. The van der Waals surface area contributed by atoms with Gasteiger partial charge in [-0.2, -0.15) is 0 Å². The fourth-order valence-corrected chi connectivity index (χ4v) is 2.49. The highest BCUT2D eigenvalue weighted by Crippen LogP contribution is 2.33. The van der Waals surface area contributed by atoms with E-state index in [1.807, 2.05) is 18.2 Å². The first-order valence-corrected chi connectivity index (χ1v) is 5.73. The number of rotatable bonds is 2. The number of nitrogens with zero attached hydrogens (tertiary/aromatic N) is 1. The molecule has 1 aliphatic heterocycles. The van der Waals surface area contributed by atoms with Crippen molar-refractivity contribution in [2.24, 2.45) is 5.92 Å². The lowest BCUT2D eigenvalue weighted by molar-refractivity contribution is 0.282. The van der Waals surface area contributed by atoms with Gasteiger partial charge in [0.25, 0.3) is 0 Å². The van der Waals surface area contributed by atoms with Gasteiger partial charge in [0.2, 0.25) is 0 Å². The monoisotopic (exact) mass is 225 g/mol. The molecule has 1 aliphatic rings. The fourth-order valence-electron chi connectivity index (χ4n) is 2.18. The Morgan fingerprint density at radius 2 is 2.33 bits per heavy atom. The van der Waals surface area contributed by atoms with Crippen LogP contribution in [0.4, 0.5) is 5.69 Å². The van der Waals surface area contributed by atoms with Crippen molar-refractivity contribution in [2.45, 2.75) is 20.0 Å². The Morgan fingerprint density at radius 3 is 2.93 bits per heavy atom. The highest BCUT2D eigenvalue weighted by Gasteiger charge is 2.22. The number of aliphatic hydroxyl groups excluding tert-OH is 1. The maximum absolute atomic E-state index is 9.28. The molecule has 0 saturated carbocycles. The molecule has 1 unspecified atom stereocenters. The van der Waals surface area contributed by atoms with Crippen molar-refractivity contribution >= 4 is 17.3 Å². The smallest absolute Gasteiger partial charge is 0.0702 e. The lowest BCUT2D eigenvalue weighted by Crippen LogP contribution is -2.21. The molecule has 2 rings (SSSR count). The molecule has 1 heterocycles. The van der Waals surface area contributed by atoms with Crippen LogP contribution in [0, 0.1) is 5.92 Å². The van der Waals surface area contributed by atoms with E-state index in [4.69, 9.17) is 11.6 Å². The summed E-state index contributed by atoms with van der Waals surface area (Å²) in [4.78, 5) is 2.28. The molecule has 0 radical (unpaired) electrons. The quantitative estimate of drug-likeness (QED) is 0.837. The van der Waals surface area contributed by atoms with Gasteiger partial charge in [-0.25, -0.2) is 0 Å². The Labute approximate surface area is 95.5 Å². The average Bonchev–Trinajstić information content (AvgIpc) is 2.64. The van der Waals surface area contributed by atoms with Crippen molar-refractivity contribution in [3.8, 4) is 0 Å². The number of halogens is 1. The molecule has 3 heteroatoms. The van der Waals surface area contributed by atoms with Crippen LogP contribution in [-0.2, 0) is 6.61 Å². The largest absolute Gasteiger partial charge is 0.392 e. The summed E-state index contributed by atoms with van der Waals surface area (Å²) in [7, 11) is 0. The molecule has 15 heavy (non-hydrogen) atoms. The number of benzene rings is 1. The normalized spacial score (nSPS) is 21.0. The molecule has 0 spiro atoms. The van der Waals surface area contributed by atoms with E-state index < -0.39 is 0 Å². The maximum Gasteiger partial charge on any atom is 0.0702 e.